The highest BCUT2D eigenvalue weighted by atomic mass is 35.5. The third kappa shape index (κ3) is 2.88. The minimum atomic E-state index is 0. The second-order valence-corrected chi connectivity index (χ2v) is 7.35. The van der Waals surface area contributed by atoms with E-state index in [1.807, 2.05) is 6.07 Å². The van der Waals surface area contributed by atoms with Gasteiger partial charge in [-0.2, -0.15) is 0 Å². The van der Waals surface area contributed by atoms with E-state index in [-0.39, 0.29) is 12.4 Å². The number of rotatable bonds is 4. The van der Waals surface area contributed by atoms with Crippen LogP contribution in [-0.2, 0) is 6.54 Å². The van der Waals surface area contributed by atoms with Gasteiger partial charge in [0.25, 0.3) is 0 Å². The molecular formula is C19H28ClNO. The van der Waals surface area contributed by atoms with Crippen LogP contribution in [0.25, 0.3) is 0 Å². The van der Waals surface area contributed by atoms with E-state index in [0.717, 1.165) is 42.0 Å². The molecule has 1 aromatic carbocycles. The lowest BCUT2D eigenvalue weighted by Gasteiger charge is -2.39. The van der Waals surface area contributed by atoms with Crippen molar-refractivity contribution in [1.82, 2.24) is 5.32 Å². The fourth-order valence-electron chi connectivity index (χ4n) is 5.50. The summed E-state index contributed by atoms with van der Waals surface area (Å²) in [5, 5.41) is 3.86. The molecule has 3 saturated carbocycles. The average Bonchev–Trinajstić information content (AvgIpc) is 3.12. The molecule has 1 N–H and O–H groups in total. The Kier molecular flexibility index (Phi) is 4.99. The van der Waals surface area contributed by atoms with Gasteiger partial charge in [0.1, 0.15) is 5.75 Å². The number of hydrogen-bond donors (Lipinski definition) is 1. The topological polar surface area (TPSA) is 21.3 Å². The Hall–Kier alpha value is -0.730. The van der Waals surface area contributed by atoms with Gasteiger partial charge in [-0.15, -0.1) is 12.4 Å². The summed E-state index contributed by atoms with van der Waals surface area (Å²) < 4.78 is 5.32. The predicted molar refractivity (Wildman–Crippen MR) is 92.5 cm³/mol. The Labute approximate surface area is 140 Å². The number of nitrogens with one attached hydrogen (secondary N) is 1. The van der Waals surface area contributed by atoms with Crippen molar-refractivity contribution in [2.45, 2.75) is 51.1 Å². The van der Waals surface area contributed by atoms with E-state index in [0.29, 0.717) is 0 Å². The maximum atomic E-state index is 5.32. The van der Waals surface area contributed by atoms with Gasteiger partial charge in [0.2, 0.25) is 0 Å². The fraction of sp³-hybridized carbons (Fsp3) is 0.684. The maximum Gasteiger partial charge on any atom is 0.119 e. The summed E-state index contributed by atoms with van der Waals surface area (Å²) in [6.45, 7) is 0.989. The first-order chi connectivity index (χ1) is 10.3. The van der Waals surface area contributed by atoms with Gasteiger partial charge in [-0.25, -0.2) is 0 Å². The van der Waals surface area contributed by atoms with Crippen LogP contribution in [-0.4, -0.2) is 13.2 Å². The Bertz CT molecular complexity index is 506. The molecule has 0 aromatic heterocycles. The molecule has 3 heteroatoms. The molecule has 3 aliphatic rings. The average molecular weight is 322 g/mol. The summed E-state index contributed by atoms with van der Waals surface area (Å²) in [4.78, 5) is 0. The van der Waals surface area contributed by atoms with Crippen LogP contribution >= 0.6 is 12.4 Å². The van der Waals surface area contributed by atoms with Crippen LogP contribution in [0.4, 0.5) is 0 Å². The molecule has 5 atom stereocenters. The van der Waals surface area contributed by atoms with Crippen LogP contribution in [0.3, 0.4) is 0 Å². The second kappa shape index (κ2) is 6.80. The molecule has 3 aliphatic carbocycles. The first-order valence-electron chi connectivity index (χ1n) is 8.71. The van der Waals surface area contributed by atoms with Gasteiger partial charge in [0, 0.05) is 12.6 Å². The molecule has 0 aliphatic heterocycles. The summed E-state index contributed by atoms with van der Waals surface area (Å²) in [7, 11) is 1.74. The van der Waals surface area contributed by atoms with E-state index >= 15 is 0 Å². The normalized spacial score (nSPS) is 35.8. The maximum absolute atomic E-state index is 5.32. The van der Waals surface area contributed by atoms with Crippen LogP contribution in [0.1, 0.15) is 44.1 Å². The fourth-order valence-corrected chi connectivity index (χ4v) is 5.50. The molecule has 3 fully saturated rings. The largest absolute Gasteiger partial charge is 0.497 e. The monoisotopic (exact) mass is 321 g/mol. The first-order valence-corrected chi connectivity index (χ1v) is 8.71. The van der Waals surface area contributed by atoms with Crippen molar-refractivity contribution >= 4 is 12.4 Å². The van der Waals surface area contributed by atoms with Gasteiger partial charge in [-0.05, 0) is 67.1 Å². The zero-order chi connectivity index (χ0) is 14.2. The van der Waals surface area contributed by atoms with Gasteiger partial charge in [-0.1, -0.05) is 25.0 Å². The molecule has 0 unspecified atom stereocenters. The van der Waals surface area contributed by atoms with Gasteiger partial charge >= 0.3 is 0 Å². The van der Waals surface area contributed by atoms with Crippen molar-refractivity contribution in [3.63, 3.8) is 0 Å². The van der Waals surface area contributed by atoms with Gasteiger partial charge in [0.05, 0.1) is 7.11 Å². The van der Waals surface area contributed by atoms with Crippen LogP contribution in [0.5, 0.6) is 5.75 Å². The smallest absolute Gasteiger partial charge is 0.119 e. The summed E-state index contributed by atoms with van der Waals surface area (Å²) in [5.41, 5.74) is 1.34. The predicted octanol–water partition coefficient (Wildman–Crippen LogP) is 4.42. The molecule has 22 heavy (non-hydrogen) atoms. The number of methoxy groups -OCH3 is 1. The number of fused-ring (bicyclic) bond motifs is 5. The van der Waals surface area contributed by atoms with E-state index in [2.05, 4.69) is 23.5 Å². The van der Waals surface area contributed by atoms with Crippen molar-refractivity contribution in [3.8, 4) is 5.75 Å². The summed E-state index contributed by atoms with van der Waals surface area (Å²) in [6.07, 6.45) is 8.93. The first kappa shape index (κ1) is 16.1. The van der Waals surface area contributed by atoms with Crippen LogP contribution in [0, 0.1) is 23.7 Å². The SMILES string of the molecule is COc1cccc(CN[C@@H]2C[C@@H]3C[C@H]2[C@@H]2CCCC[C@H]32)c1.Cl. The van der Waals surface area contributed by atoms with Crippen molar-refractivity contribution in [2.24, 2.45) is 23.7 Å². The molecule has 122 valence electrons. The van der Waals surface area contributed by atoms with E-state index in [1.165, 1.54) is 44.1 Å². The molecule has 0 heterocycles. The van der Waals surface area contributed by atoms with E-state index < -0.39 is 0 Å². The summed E-state index contributed by atoms with van der Waals surface area (Å²) in [5.74, 6) is 5.09. The lowest BCUT2D eigenvalue weighted by atomic mass is 9.69. The van der Waals surface area contributed by atoms with E-state index in [1.54, 1.807) is 7.11 Å². The van der Waals surface area contributed by atoms with Gasteiger partial charge < -0.3 is 10.1 Å². The third-order valence-electron chi connectivity index (χ3n) is 6.38. The Morgan fingerprint density at radius 2 is 1.91 bits per heavy atom. The van der Waals surface area contributed by atoms with E-state index in [4.69, 9.17) is 4.74 Å². The molecule has 1 aromatic rings. The molecule has 2 bridgehead atoms. The molecule has 0 saturated heterocycles. The number of ether oxygens (including phenoxy) is 1. The van der Waals surface area contributed by atoms with Crippen molar-refractivity contribution in [3.05, 3.63) is 29.8 Å². The molecule has 0 radical (unpaired) electrons. The zero-order valence-electron chi connectivity index (χ0n) is 13.5. The third-order valence-corrected chi connectivity index (χ3v) is 6.38. The zero-order valence-corrected chi connectivity index (χ0v) is 14.3. The van der Waals surface area contributed by atoms with Crippen molar-refractivity contribution in [1.29, 1.82) is 0 Å². The van der Waals surface area contributed by atoms with Crippen LogP contribution < -0.4 is 10.1 Å². The molecule has 0 amide bonds. The van der Waals surface area contributed by atoms with Gasteiger partial charge in [0.15, 0.2) is 0 Å². The molecule has 0 spiro atoms. The minimum absolute atomic E-state index is 0. The van der Waals surface area contributed by atoms with Crippen molar-refractivity contribution in [2.75, 3.05) is 7.11 Å². The summed E-state index contributed by atoms with van der Waals surface area (Å²) in [6, 6.07) is 9.23. The highest BCUT2D eigenvalue weighted by Gasteiger charge is 2.52. The molecule has 4 rings (SSSR count). The lowest BCUT2D eigenvalue weighted by Crippen LogP contribution is -2.41. The lowest BCUT2D eigenvalue weighted by molar-refractivity contribution is 0.129. The number of halogens is 1. The highest BCUT2D eigenvalue weighted by Crippen LogP contribution is 2.57. The molecular weight excluding hydrogens is 294 g/mol. The molecule has 2 nitrogen and oxygen atoms in total. The van der Waals surface area contributed by atoms with Gasteiger partial charge in [-0.3, -0.25) is 0 Å². The Balaban J connectivity index is 0.00000144. The Morgan fingerprint density at radius 3 is 2.73 bits per heavy atom. The standard InChI is InChI=1S/C19H27NO.ClH/c1-21-15-6-4-5-13(9-15)12-20-19-11-14-10-18(19)17-8-3-2-7-16(14)17;/h4-6,9,14,16-20H,2-3,7-8,10-12H2,1H3;1H/t14-,16+,17+,18-,19+;/m0./s1. The second-order valence-electron chi connectivity index (χ2n) is 7.35. The highest BCUT2D eigenvalue weighted by molar-refractivity contribution is 5.85. The summed E-state index contributed by atoms with van der Waals surface area (Å²) >= 11 is 0. The number of hydrogen-bond acceptors (Lipinski definition) is 2. The van der Waals surface area contributed by atoms with Crippen LogP contribution in [0.15, 0.2) is 24.3 Å². The van der Waals surface area contributed by atoms with Crippen LogP contribution in [0.2, 0.25) is 0 Å². The Morgan fingerprint density at radius 1 is 1.09 bits per heavy atom. The van der Waals surface area contributed by atoms with E-state index in [9.17, 15) is 0 Å². The quantitative estimate of drug-likeness (QED) is 0.886. The van der Waals surface area contributed by atoms with Crippen molar-refractivity contribution < 1.29 is 4.74 Å². The number of benzene rings is 1. The minimum Gasteiger partial charge on any atom is -0.497 e.